The van der Waals surface area contributed by atoms with Crippen molar-refractivity contribution < 1.29 is 46.2 Å². The van der Waals surface area contributed by atoms with Crippen LogP contribution in [0.2, 0.25) is 5.02 Å². The lowest BCUT2D eigenvalue weighted by molar-refractivity contribution is -0.160. The Morgan fingerprint density at radius 2 is 1.87 bits per heavy atom. The Kier molecular flexibility index (Phi) is 11.4. The van der Waals surface area contributed by atoms with E-state index in [1.54, 1.807) is 39.0 Å². The summed E-state index contributed by atoms with van der Waals surface area (Å²) in [5, 5.41) is -0.958. The van der Waals surface area contributed by atoms with Crippen molar-refractivity contribution in [2.45, 2.75) is 115 Å². The van der Waals surface area contributed by atoms with Crippen LogP contribution in [0.4, 0.5) is 4.39 Å². The van der Waals surface area contributed by atoms with Crippen LogP contribution >= 0.6 is 11.6 Å². The Bertz CT molecular complexity index is 2000. The lowest BCUT2D eigenvalue weighted by Gasteiger charge is -2.32. The van der Waals surface area contributed by atoms with Crippen LogP contribution in [0.1, 0.15) is 92.4 Å². The van der Waals surface area contributed by atoms with Crippen LogP contribution in [0, 0.1) is 29.1 Å². The average Bonchev–Trinajstić information content (AvgIpc) is 3.98. The number of benzene rings is 1. The first-order chi connectivity index (χ1) is 25.8. The second-order valence-electron chi connectivity index (χ2n) is 16.9. The van der Waals surface area contributed by atoms with Gasteiger partial charge in [0.1, 0.15) is 17.5 Å². The molecule has 2 aliphatic carbocycles. The second-order valence-corrected chi connectivity index (χ2v) is 19.3. The molecule has 15 heteroatoms. The van der Waals surface area contributed by atoms with E-state index in [0.29, 0.717) is 34.4 Å². The molecule has 0 radical (unpaired) electrons. The van der Waals surface area contributed by atoms with Crippen LogP contribution < -0.4 is 14.2 Å². The summed E-state index contributed by atoms with van der Waals surface area (Å²) in [6, 6.07) is 4.15. The number of methoxy groups -OCH3 is 1. The highest BCUT2D eigenvalue weighted by Gasteiger charge is 2.64. The van der Waals surface area contributed by atoms with E-state index in [-0.39, 0.29) is 62.8 Å². The van der Waals surface area contributed by atoms with Crippen LogP contribution in [0.5, 0.6) is 11.6 Å². The minimum absolute atomic E-state index is 0.0284. The SMILES string of the molecule is COc1cnc(O[C@@H]2C[C@H]3C(=O)C[C@]4(C(=O)NS(=O)(=O)C5(F)CC5)C[C@H]4/C=C\CC[C@@H](C)C[C@@H](C)[C@H](CC(=O)OC(C)(C)C)C(=O)N3C2)c2cccc(Cl)c12. The molecule has 1 aromatic carbocycles. The summed E-state index contributed by atoms with van der Waals surface area (Å²) in [4.78, 5) is 62.4. The van der Waals surface area contributed by atoms with Gasteiger partial charge in [-0.25, -0.2) is 22.5 Å². The number of fused-ring (bicyclic) bond motifs is 3. The summed E-state index contributed by atoms with van der Waals surface area (Å²) < 4.78 is 60.1. The zero-order valence-corrected chi connectivity index (χ0v) is 33.8. The molecular formula is C40H51ClFN3O9S. The number of allylic oxidation sites excluding steroid dienone is 2. The number of carbonyl (C=O) groups excluding carboxylic acids is 4. The number of hydrogen-bond acceptors (Lipinski definition) is 10. The molecule has 300 valence electrons. The zero-order chi connectivity index (χ0) is 40.1. The van der Waals surface area contributed by atoms with Gasteiger partial charge in [-0.3, -0.25) is 19.2 Å². The van der Waals surface area contributed by atoms with Crippen molar-refractivity contribution in [2.75, 3.05) is 13.7 Å². The Morgan fingerprint density at radius 1 is 1.15 bits per heavy atom. The topological polar surface area (TPSA) is 158 Å². The number of hydrogen-bond donors (Lipinski definition) is 1. The number of ether oxygens (including phenoxy) is 3. The molecule has 1 saturated heterocycles. The van der Waals surface area contributed by atoms with E-state index in [4.69, 9.17) is 25.8 Å². The van der Waals surface area contributed by atoms with Gasteiger partial charge >= 0.3 is 5.97 Å². The van der Waals surface area contributed by atoms with Gasteiger partial charge in [-0.15, -0.1) is 0 Å². The molecule has 7 atom stereocenters. The molecule has 1 aromatic heterocycles. The largest absolute Gasteiger partial charge is 0.494 e. The van der Waals surface area contributed by atoms with E-state index < -0.39 is 73.6 Å². The molecule has 1 N–H and O–H groups in total. The molecule has 55 heavy (non-hydrogen) atoms. The Labute approximate surface area is 326 Å². The number of rotatable bonds is 8. The Balaban J connectivity index is 1.36. The maximum atomic E-state index is 14.8. The third-order valence-electron chi connectivity index (χ3n) is 11.4. The fourth-order valence-corrected chi connectivity index (χ4v) is 9.69. The van der Waals surface area contributed by atoms with Gasteiger partial charge in [0.15, 0.2) is 5.78 Å². The highest BCUT2D eigenvalue weighted by atomic mass is 35.5. The molecular weight excluding hydrogens is 753 g/mol. The molecule has 12 nitrogen and oxygen atoms in total. The van der Waals surface area contributed by atoms with E-state index >= 15 is 0 Å². The van der Waals surface area contributed by atoms with Crippen LogP contribution in [-0.2, 0) is 33.9 Å². The van der Waals surface area contributed by atoms with Gasteiger partial charge in [-0.05, 0) is 76.3 Å². The standard InChI is InChI=1S/C40H51ClFN3O9S/c1-23-10-7-8-11-25-19-39(25,37(49)44-55(50,51)40(42)14-15-40)20-31(46)30-17-26(53-35-27-12-9-13-29(41)34(27)32(52-6)21-43-35)22-45(30)36(48)28(24(2)16-23)18-33(47)54-38(3,4)5/h8-9,11-13,21,23-26,28,30H,7,10,14-20,22H2,1-6H3,(H,44,49)/b11-8-/t23-,24-,25-,26-,28+,30+,39-/m1/s1. The number of halogens is 2. The Hall–Kier alpha value is -3.78. The molecule has 2 amide bonds. The van der Waals surface area contributed by atoms with Crippen molar-refractivity contribution in [1.82, 2.24) is 14.6 Å². The summed E-state index contributed by atoms with van der Waals surface area (Å²) >= 11 is 6.55. The number of aromatic nitrogens is 1. The number of carbonyl (C=O) groups is 4. The van der Waals surface area contributed by atoms with E-state index in [1.807, 2.05) is 23.8 Å². The number of pyridine rings is 1. The van der Waals surface area contributed by atoms with Crippen molar-refractivity contribution in [3.05, 3.63) is 41.6 Å². The Morgan fingerprint density at radius 3 is 2.55 bits per heavy atom. The number of ketones is 1. The first kappa shape index (κ1) is 40.9. The predicted molar refractivity (Wildman–Crippen MR) is 203 cm³/mol. The predicted octanol–water partition coefficient (Wildman–Crippen LogP) is 6.48. The van der Waals surface area contributed by atoms with Gasteiger partial charge in [-0.2, -0.15) is 0 Å². The summed E-state index contributed by atoms with van der Waals surface area (Å²) in [5.41, 5.74) is -2.23. The number of esters is 1. The third kappa shape index (κ3) is 8.65. The average molecular weight is 804 g/mol. The van der Waals surface area contributed by atoms with Crippen molar-refractivity contribution in [3.8, 4) is 11.6 Å². The minimum Gasteiger partial charge on any atom is -0.494 e. The monoisotopic (exact) mass is 803 g/mol. The van der Waals surface area contributed by atoms with E-state index in [9.17, 15) is 32.0 Å². The molecule has 4 aliphatic rings. The summed E-state index contributed by atoms with van der Waals surface area (Å²) in [5.74, 6) is -3.10. The van der Waals surface area contributed by atoms with Gasteiger partial charge in [0, 0.05) is 36.5 Å². The number of nitrogens with one attached hydrogen (secondary N) is 1. The van der Waals surface area contributed by atoms with Crippen LogP contribution in [0.15, 0.2) is 36.5 Å². The number of Topliss-reactive ketones (excluding diaryl/α,β-unsaturated/α-hetero) is 1. The molecule has 3 heterocycles. The lowest BCUT2D eigenvalue weighted by Crippen LogP contribution is -2.48. The van der Waals surface area contributed by atoms with E-state index in [2.05, 4.69) is 11.9 Å². The molecule has 2 saturated carbocycles. The molecule has 0 unspecified atom stereocenters. The van der Waals surface area contributed by atoms with Gasteiger partial charge in [0.25, 0.3) is 10.0 Å². The highest BCUT2D eigenvalue weighted by Crippen LogP contribution is 2.58. The van der Waals surface area contributed by atoms with Gasteiger partial charge < -0.3 is 19.1 Å². The van der Waals surface area contributed by atoms with Crippen LogP contribution in [0.25, 0.3) is 10.8 Å². The summed E-state index contributed by atoms with van der Waals surface area (Å²) in [6.07, 6.45) is 5.77. The number of alkyl halides is 1. The zero-order valence-electron chi connectivity index (χ0n) is 32.2. The molecule has 0 spiro atoms. The summed E-state index contributed by atoms with van der Waals surface area (Å²) in [7, 11) is -3.13. The maximum Gasteiger partial charge on any atom is 0.307 e. The molecule has 3 fully saturated rings. The van der Waals surface area contributed by atoms with E-state index in [0.717, 1.165) is 6.42 Å². The first-order valence-corrected chi connectivity index (χ1v) is 20.9. The molecule has 2 aliphatic heterocycles. The molecule has 0 bridgehead atoms. The number of amides is 2. The second kappa shape index (κ2) is 15.3. The van der Waals surface area contributed by atoms with Crippen molar-refractivity contribution >= 4 is 56.0 Å². The molecule has 2 aromatic rings. The first-order valence-electron chi connectivity index (χ1n) is 19.0. The normalized spacial score (nSPS) is 30.3. The number of nitrogens with zero attached hydrogens (tertiary/aromatic N) is 2. The van der Waals surface area contributed by atoms with Crippen LogP contribution in [0.3, 0.4) is 0 Å². The fourth-order valence-electron chi connectivity index (χ4n) is 8.15. The summed E-state index contributed by atoms with van der Waals surface area (Å²) in [6.45, 7) is 9.24. The smallest absolute Gasteiger partial charge is 0.307 e. The highest BCUT2D eigenvalue weighted by molar-refractivity contribution is 7.91. The van der Waals surface area contributed by atoms with Gasteiger partial charge in [-0.1, -0.05) is 43.7 Å². The molecule has 6 rings (SSSR count). The lowest BCUT2D eigenvalue weighted by atomic mass is 9.82. The van der Waals surface area contributed by atoms with Gasteiger partial charge in [0.05, 0.1) is 48.7 Å². The number of sulfonamides is 1. The van der Waals surface area contributed by atoms with Gasteiger partial charge in [0.2, 0.25) is 22.7 Å². The van der Waals surface area contributed by atoms with Crippen LogP contribution in [-0.4, -0.2) is 78.3 Å². The minimum atomic E-state index is -4.63. The van der Waals surface area contributed by atoms with Crippen molar-refractivity contribution in [1.29, 1.82) is 0 Å². The third-order valence-corrected chi connectivity index (χ3v) is 13.6. The quantitative estimate of drug-likeness (QED) is 0.232. The van der Waals surface area contributed by atoms with Crippen molar-refractivity contribution in [2.24, 2.45) is 29.1 Å². The van der Waals surface area contributed by atoms with E-state index in [1.165, 1.54) is 18.2 Å². The fraction of sp³-hybridized carbons (Fsp3) is 0.625. The van der Waals surface area contributed by atoms with Crippen molar-refractivity contribution in [3.63, 3.8) is 0 Å². The maximum absolute atomic E-state index is 14.8.